The van der Waals surface area contributed by atoms with Gasteiger partial charge in [-0.15, -0.1) is 0 Å². The van der Waals surface area contributed by atoms with Gasteiger partial charge in [-0.25, -0.2) is 9.37 Å². The van der Waals surface area contributed by atoms with Crippen molar-refractivity contribution in [2.24, 2.45) is 0 Å². The molecule has 0 aliphatic carbocycles. The summed E-state index contributed by atoms with van der Waals surface area (Å²) in [6, 6.07) is 12.6. The van der Waals surface area contributed by atoms with Crippen LogP contribution in [0.15, 0.2) is 42.5 Å². The zero-order valence-electron chi connectivity index (χ0n) is 11.3. The average molecular weight is 269 g/mol. The molecule has 0 fully saturated rings. The number of hydrogen-bond donors (Lipinski definition) is 1. The SMILES string of the molecule is CCCn1c(-c2ccccc2N)nc2c(F)cccc21. The fourth-order valence-electron chi connectivity index (χ4n) is 2.47. The Kier molecular flexibility index (Phi) is 3.14. The highest BCUT2D eigenvalue weighted by molar-refractivity contribution is 5.84. The number of nitrogens with two attached hydrogens (primary N) is 1. The van der Waals surface area contributed by atoms with Crippen molar-refractivity contribution < 1.29 is 4.39 Å². The maximum Gasteiger partial charge on any atom is 0.151 e. The molecular weight excluding hydrogens is 253 g/mol. The largest absolute Gasteiger partial charge is 0.398 e. The fraction of sp³-hybridized carbons (Fsp3) is 0.188. The third-order valence-electron chi connectivity index (χ3n) is 3.38. The number of hydrogen-bond acceptors (Lipinski definition) is 2. The first-order valence-electron chi connectivity index (χ1n) is 6.72. The standard InChI is InChI=1S/C16H16FN3/c1-2-10-20-14-9-5-7-12(17)15(14)19-16(20)11-6-3-4-8-13(11)18/h3-9H,2,10,18H2,1H3. The molecule has 0 saturated carbocycles. The van der Waals surface area contributed by atoms with E-state index in [-0.39, 0.29) is 5.82 Å². The minimum Gasteiger partial charge on any atom is -0.398 e. The van der Waals surface area contributed by atoms with E-state index in [1.165, 1.54) is 6.07 Å². The van der Waals surface area contributed by atoms with Crippen LogP contribution in [0.4, 0.5) is 10.1 Å². The van der Waals surface area contributed by atoms with Crippen molar-refractivity contribution in [1.29, 1.82) is 0 Å². The molecule has 0 bridgehead atoms. The van der Waals surface area contributed by atoms with Crippen LogP contribution in [0.3, 0.4) is 0 Å². The van der Waals surface area contributed by atoms with Gasteiger partial charge in [0.05, 0.1) is 5.52 Å². The lowest BCUT2D eigenvalue weighted by Gasteiger charge is -2.09. The average Bonchev–Trinajstić information content (AvgIpc) is 2.80. The first-order chi connectivity index (χ1) is 9.72. The molecule has 0 aliphatic rings. The predicted octanol–water partition coefficient (Wildman–Crippen LogP) is 3.83. The van der Waals surface area contributed by atoms with Crippen LogP contribution in [0.2, 0.25) is 0 Å². The van der Waals surface area contributed by atoms with Gasteiger partial charge in [0.15, 0.2) is 5.82 Å². The quantitative estimate of drug-likeness (QED) is 0.734. The number of halogens is 1. The Morgan fingerprint density at radius 1 is 1.15 bits per heavy atom. The second-order valence-corrected chi connectivity index (χ2v) is 4.78. The normalized spacial score (nSPS) is 11.1. The van der Waals surface area contributed by atoms with Crippen molar-refractivity contribution in [3.8, 4) is 11.4 Å². The van der Waals surface area contributed by atoms with Gasteiger partial charge in [0.25, 0.3) is 0 Å². The molecule has 3 rings (SSSR count). The molecule has 0 saturated heterocycles. The molecule has 0 aliphatic heterocycles. The van der Waals surface area contributed by atoms with Gasteiger partial charge >= 0.3 is 0 Å². The van der Waals surface area contributed by atoms with Gasteiger partial charge in [-0.1, -0.05) is 25.1 Å². The van der Waals surface area contributed by atoms with E-state index in [4.69, 9.17) is 5.73 Å². The molecule has 0 radical (unpaired) electrons. The number of nitrogen functional groups attached to an aromatic ring is 1. The number of fused-ring (bicyclic) bond motifs is 1. The first-order valence-corrected chi connectivity index (χ1v) is 6.72. The van der Waals surface area contributed by atoms with E-state index in [0.717, 1.165) is 29.9 Å². The Morgan fingerprint density at radius 2 is 1.95 bits per heavy atom. The highest BCUT2D eigenvalue weighted by Crippen LogP contribution is 2.29. The first kappa shape index (κ1) is 12.7. The van der Waals surface area contributed by atoms with Crippen molar-refractivity contribution in [2.75, 3.05) is 5.73 Å². The molecule has 2 aromatic carbocycles. The summed E-state index contributed by atoms with van der Waals surface area (Å²) < 4.78 is 16.0. The van der Waals surface area contributed by atoms with Gasteiger partial charge in [0.1, 0.15) is 11.3 Å². The van der Waals surface area contributed by atoms with Gasteiger partial charge in [-0.2, -0.15) is 0 Å². The lowest BCUT2D eigenvalue weighted by molar-refractivity contribution is 0.637. The Balaban J connectivity index is 2.32. The maximum absolute atomic E-state index is 13.9. The van der Waals surface area contributed by atoms with Crippen LogP contribution in [-0.4, -0.2) is 9.55 Å². The number of imidazole rings is 1. The van der Waals surface area contributed by atoms with Gasteiger partial charge in [0, 0.05) is 17.8 Å². The third kappa shape index (κ3) is 1.93. The number of para-hydroxylation sites is 2. The lowest BCUT2D eigenvalue weighted by Crippen LogP contribution is -2.01. The van der Waals surface area contributed by atoms with Crippen molar-refractivity contribution in [3.63, 3.8) is 0 Å². The van der Waals surface area contributed by atoms with E-state index >= 15 is 0 Å². The molecule has 20 heavy (non-hydrogen) atoms. The monoisotopic (exact) mass is 269 g/mol. The highest BCUT2D eigenvalue weighted by atomic mass is 19.1. The number of aryl methyl sites for hydroxylation is 1. The van der Waals surface area contributed by atoms with E-state index < -0.39 is 0 Å². The van der Waals surface area contributed by atoms with E-state index in [1.807, 2.05) is 34.9 Å². The summed E-state index contributed by atoms with van der Waals surface area (Å²) in [4.78, 5) is 4.47. The van der Waals surface area contributed by atoms with Gasteiger partial charge in [0.2, 0.25) is 0 Å². The molecule has 1 heterocycles. The number of nitrogens with zero attached hydrogens (tertiary/aromatic N) is 2. The molecule has 3 aromatic rings. The van der Waals surface area contributed by atoms with E-state index in [1.54, 1.807) is 6.07 Å². The molecule has 4 heteroatoms. The fourth-order valence-corrected chi connectivity index (χ4v) is 2.47. The Labute approximate surface area is 116 Å². The Morgan fingerprint density at radius 3 is 2.70 bits per heavy atom. The van der Waals surface area contributed by atoms with E-state index in [2.05, 4.69) is 11.9 Å². The summed E-state index contributed by atoms with van der Waals surface area (Å²) in [5.41, 5.74) is 8.74. The molecule has 0 atom stereocenters. The molecule has 102 valence electrons. The molecule has 1 aromatic heterocycles. The number of rotatable bonds is 3. The van der Waals surface area contributed by atoms with Crippen molar-refractivity contribution >= 4 is 16.7 Å². The van der Waals surface area contributed by atoms with Gasteiger partial charge < -0.3 is 10.3 Å². The smallest absolute Gasteiger partial charge is 0.151 e. The summed E-state index contributed by atoms with van der Waals surface area (Å²) in [6.45, 7) is 2.87. The predicted molar refractivity (Wildman–Crippen MR) is 79.8 cm³/mol. The van der Waals surface area contributed by atoms with Crippen LogP contribution < -0.4 is 5.73 Å². The topological polar surface area (TPSA) is 43.8 Å². The third-order valence-corrected chi connectivity index (χ3v) is 3.38. The Hall–Kier alpha value is -2.36. The number of aromatic nitrogens is 2. The van der Waals surface area contributed by atoms with Crippen LogP contribution >= 0.6 is 0 Å². The van der Waals surface area contributed by atoms with Crippen LogP contribution in [-0.2, 0) is 6.54 Å². The van der Waals surface area contributed by atoms with Crippen LogP contribution in [0.25, 0.3) is 22.4 Å². The summed E-state index contributed by atoms with van der Waals surface area (Å²) in [5, 5.41) is 0. The highest BCUT2D eigenvalue weighted by Gasteiger charge is 2.15. The van der Waals surface area contributed by atoms with E-state index in [0.29, 0.717) is 11.2 Å². The van der Waals surface area contributed by atoms with Crippen LogP contribution in [0.5, 0.6) is 0 Å². The zero-order chi connectivity index (χ0) is 14.1. The summed E-state index contributed by atoms with van der Waals surface area (Å²) in [5.74, 6) is 0.429. The molecule has 0 unspecified atom stereocenters. The number of anilines is 1. The summed E-state index contributed by atoms with van der Waals surface area (Å²) in [6.07, 6.45) is 0.946. The van der Waals surface area contributed by atoms with Gasteiger partial charge in [-0.05, 0) is 30.7 Å². The Bertz CT molecular complexity index is 762. The molecule has 0 spiro atoms. The summed E-state index contributed by atoms with van der Waals surface area (Å²) in [7, 11) is 0. The molecule has 3 nitrogen and oxygen atoms in total. The van der Waals surface area contributed by atoms with Crippen molar-refractivity contribution in [1.82, 2.24) is 9.55 Å². The molecule has 2 N–H and O–H groups in total. The van der Waals surface area contributed by atoms with Crippen LogP contribution in [0, 0.1) is 5.82 Å². The van der Waals surface area contributed by atoms with E-state index in [9.17, 15) is 4.39 Å². The lowest BCUT2D eigenvalue weighted by atomic mass is 10.1. The second kappa shape index (κ2) is 4.96. The van der Waals surface area contributed by atoms with Gasteiger partial charge in [-0.3, -0.25) is 0 Å². The molecule has 0 amide bonds. The van der Waals surface area contributed by atoms with Crippen LogP contribution in [0.1, 0.15) is 13.3 Å². The van der Waals surface area contributed by atoms with Crippen molar-refractivity contribution in [2.45, 2.75) is 19.9 Å². The molecular formula is C16H16FN3. The second-order valence-electron chi connectivity index (χ2n) is 4.78. The van der Waals surface area contributed by atoms with Crippen molar-refractivity contribution in [3.05, 3.63) is 48.3 Å². The minimum absolute atomic E-state index is 0.298. The maximum atomic E-state index is 13.9. The minimum atomic E-state index is -0.298. The zero-order valence-corrected chi connectivity index (χ0v) is 11.3. The summed E-state index contributed by atoms with van der Waals surface area (Å²) >= 11 is 0. The number of benzene rings is 2.